The molecule has 0 aliphatic rings. The molecular weight excluding hydrogens is 360 g/mol. The van der Waals surface area contributed by atoms with Gasteiger partial charge in [-0.05, 0) is 6.07 Å². The summed E-state index contributed by atoms with van der Waals surface area (Å²) in [5.74, 6) is 0. The van der Waals surface area contributed by atoms with Gasteiger partial charge in [-0.1, -0.05) is 13.8 Å². The predicted molar refractivity (Wildman–Crippen MR) is 97.6 cm³/mol. The summed E-state index contributed by atoms with van der Waals surface area (Å²) in [6, 6.07) is 3.59. The van der Waals surface area contributed by atoms with Crippen molar-refractivity contribution in [3.8, 4) is 0 Å². The Morgan fingerprint density at radius 2 is 2.08 bits per heavy atom. The van der Waals surface area contributed by atoms with Crippen molar-refractivity contribution in [3.05, 3.63) is 46.3 Å². The highest BCUT2D eigenvalue weighted by molar-refractivity contribution is 7.89. The molecular formula is C15H20N6O4S. The number of anilines is 1. The number of nitrogens with one attached hydrogen (secondary N) is 1. The molecule has 1 aromatic carbocycles. The van der Waals surface area contributed by atoms with E-state index in [1.165, 1.54) is 22.7 Å². The van der Waals surface area contributed by atoms with Crippen LogP contribution in [-0.2, 0) is 17.1 Å². The fraction of sp³-hybridized carbons (Fsp3) is 0.333. The first kappa shape index (κ1) is 19.5. The molecule has 26 heavy (non-hydrogen) atoms. The maximum atomic E-state index is 12.8. The molecule has 0 unspecified atom stereocenters. The molecule has 1 N–H and O–H groups in total. The van der Waals surface area contributed by atoms with E-state index in [-0.39, 0.29) is 29.4 Å². The van der Waals surface area contributed by atoms with Crippen molar-refractivity contribution in [3.63, 3.8) is 0 Å². The summed E-state index contributed by atoms with van der Waals surface area (Å²) in [5.41, 5.74) is 3.22. The van der Waals surface area contributed by atoms with Crippen molar-refractivity contribution in [2.24, 2.45) is 12.1 Å². The third-order valence-electron chi connectivity index (χ3n) is 3.62. The number of hydrazone groups is 1. The number of hydrogen-bond donors (Lipinski definition) is 1. The van der Waals surface area contributed by atoms with Crippen molar-refractivity contribution in [2.45, 2.75) is 18.7 Å². The Balaban J connectivity index is 2.42. The van der Waals surface area contributed by atoms with E-state index in [2.05, 4.69) is 15.6 Å². The average molecular weight is 380 g/mol. The van der Waals surface area contributed by atoms with Gasteiger partial charge < -0.3 is 0 Å². The van der Waals surface area contributed by atoms with E-state index < -0.39 is 14.9 Å². The van der Waals surface area contributed by atoms with E-state index in [1.54, 1.807) is 38.0 Å². The molecule has 0 saturated heterocycles. The molecule has 0 aliphatic carbocycles. The topological polar surface area (TPSA) is 123 Å². The van der Waals surface area contributed by atoms with Gasteiger partial charge in [0, 0.05) is 44.0 Å². The average Bonchev–Trinajstić information content (AvgIpc) is 3.01. The highest BCUT2D eigenvalue weighted by Crippen LogP contribution is 2.29. The van der Waals surface area contributed by atoms with Crippen molar-refractivity contribution >= 4 is 27.6 Å². The van der Waals surface area contributed by atoms with Gasteiger partial charge in [0.05, 0.1) is 23.0 Å². The van der Waals surface area contributed by atoms with Crippen LogP contribution in [0.1, 0.15) is 19.4 Å². The molecule has 0 aliphatic heterocycles. The van der Waals surface area contributed by atoms with Crippen LogP contribution in [0, 0.1) is 10.1 Å². The highest BCUT2D eigenvalue weighted by atomic mass is 32.2. The number of rotatable bonds is 8. The number of aromatic nitrogens is 2. The second-order valence-corrected chi connectivity index (χ2v) is 7.25. The van der Waals surface area contributed by atoms with E-state index in [9.17, 15) is 18.5 Å². The highest BCUT2D eigenvalue weighted by Gasteiger charge is 2.27. The molecule has 2 rings (SSSR count). The third kappa shape index (κ3) is 4.24. The van der Waals surface area contributed by atoms with Gasteiger partial charge >= 0.3 is 0 Å². The van der Waals surface area contributed by atoms with Gasteiger partial charge in [0.2, 0.25) is 10.0 Å². The monoisotopic (exact) mass is 380 g/mol. The molecule has 0 fully saturated rings. The molecule has 0 radical (unpaired) electrons. The maximum Gasteiger partial charge on any atom is 0.270 e. The Morgan fingerprint density at radius 1 is 1.38 bits per heavy atom. The lowest BCUT2D eigenvalue weighted by molar-refractivity contribution is -0.385. The summed E-state index contributed by atoms with van der Waals surface area (Å²) < 4.78 is 28.5. The first-order valence-corrected chi connectivity index (χ1v) is 9.29. The summed E-state index contributed by atoms with van der Waals surface area (Å²) in [7, 11) is -2.14. The zero-order valence-corrected chi connectivity index (χ0v) is 15.5. The summed E-state index contributed by atoms with van der Waals surface area (Å²) in [6.45, 7) is 3.90. The quantitative estimate of drug-likeness (QED) is 0.423. The van der Waals surface area contributed by atoms with Crippen LogP contribution in [0.2, 0.25) is 0 Å². The summed E-state index contributed by atoms with van der Waals surface area (Å²) in [5, 5.41) is 19.0. The Kier molecular flexibility index (Phi) is 6.05. The molecule has 2 aromatic rings. The number of benzene rings is 1. The lowest BCUT2D eigenvalue weighted by Crippen LogP contribution is -2.31. The van der Waals surface area contributed by atoms with Gasteiger partial charge in [-0.25, -0.2) is 8.42 Å². The number of hydrogen-bond acceptors (Lipinski definition) is 7. The Morgan fingerprint density at radius 3 is 2.62 bits per heavy atom. The van der Waals surface area contributed by atoms with Gasteiger partial charge in [0.15, 0.2) is 0 Å². The van der Waals surface area contributed by atoms with Crippen LogP contribution >= 0.6 is 0 Å². The lowest BCUT2D eigenvalue weighted by Gasteiger charge is -2.20. The Bertz CT molecular complexity index is 918. The minimum Gasteiger partial charge on any atom is -0.277 e. The molecule has 0 spiro atoms. The third-order valence-corrected chi connectivity index (χ3v) is 5.71. The number of aryl methyl sites for hydroxylation is 1. The number of nitro groups is 1. The first-order valence-electron chi connectivity index (χ1n) is 7.85. The molecule has 140 valence electrons. The van der Waals surface area contributed by atoms with E-state index >= 15 is 0 Å². The summed E-state index contributed by atoms with van der Waals surface area (Å²) in [6.07, 6.45) is 4.80. The molecule has 0 amide bonds. The van der Waals surface area contributed by atoms with Crippen LogP contribution < -0.4 is 5.43 Å². The minimum absolute atomic E-state index is 0.155. The number of nitro benzene ring substituents is 1. The van der Waals surface area contributed by atoms with Gasteiger partial charge in [0.25, 0.3) is 5.69 Å². The number of sulfonamides is 1. The van der Waals surface area contributed by atoms with E-state index in [0.717, 1.165) is 11.6 Å². The van der Waals surface area contributed by atoms with Crippen molar-refractivity contribution < 1.29 is 13.3 Å². The zero-order valence-electron chi connectivity index (χ0n) is 14.7. The second-order valence-electron chi connectivity index (χ2n) is 5.34. The van der Waals surface area contributed by atoms with E-state index in [1.807, 2.05) is 0 Å². The normalized spacial score (nSPS) is 12.0. The van der Waals surface area contributed by atoms with Crippen LogP contribution in [0.4, 0.5) is 11.4 Å². The van der Waals surface area contributed by atoms with Crippen LogP contribution in [0.5, 0.6) is 0 Å². The molecule has 1 heterocycles. The maximum absolute atomic E-state index is 12.8. The van der Waals surface area contributed by atoms with Crippen LogP contribution in [0.3, 0.4) is 0 Å². The predicted octanol–water partition coefficient (Wildman–Crippen LogP) is 1.80. The Hall–Kier alpha value is -2.79. The molecule has 0 bridgehead atoms. The van der Waals surface area contributed by atoms with Gasteiger partial charge in [0.1, 0.15) is 4.90 Å². The lowest BCUT2D eigenvalue weighted by atomic mass is 10.3. The van der Waals surface area contributed by atoms with Crippen molar-refractivity contribution in [1.29, 1.82) is 0 Å². The van der Waals surface area contributed by atoms with E-state index in [4.69, 9.17) is 0 Å². The fourth-order valence-electron chi connectivity index (χ4n) is 2.32. The molecule has 1 aromatic heterocycles. The second kappa shape index (κ2) is 8.06. The van der Waals surface area contributed by atoms with Crippen molar-refractivity contribution in [1.82, 2.24) is 14.1 Å². The van der Waals surface area contributed by atoms with Crippen molar-refractivity contribution in [2.75, 3.05) is 18.5 Å². The molecule has 0 saturated carbocycles. The smallest absolute Gasteiger partial charge is 0.270 e. The zero-order chi connectivity index (χ0) is 19.3. The molecule has 0 atom stereocenters. The fourth-order valence-corrected chi connectivity index (χ4v) is 3.94. The Labute approximate surface area is 151 Å². The van der Waals surface area contributed by atoms with Crippen LogP contribution in [-0.4, -0.2) is 46.7 Å². The largest absolute Gasteiger partial charge is 0.277 e. The molecule has 10 nitrogen and oxygen atoms in total. The van der Waals surface area contributed by atoms with Gasteiger partial charge in [-0.2, -0.15) is 14.5 Å². The summed E-state index contributed by atoms with van der Waals surface area (Å²) >= 11 is 0. The van der Waals surface area contributed by atoms with Gasteiger partial charge in [-0.3, -0.25) is 20.2 Å². The molecule has 11 heteroatoms. The SMILES string of the molecule is CCN(CC)S(=O)(=O)c1cc([N+](=O)[O-])ccc1N/N=C/c1cnn(C)c1. The van der Waals surface area contributed by atoms with Crippen LogP contribution in [0.15, 0.2) is 40.6 Å². The summed E-state index contributed by atoms with van der Waals surface area (Å²) in [4.78, 5) is 10.2. The minimum atomic E-state index is -3.90. The standard InChI is InChI=1S/C15H20N6O4S/c1-4-20(5-2)26(24,25)15-8-13(21(22)23)6-7-14(15)18-16-9-12-10-17-19(3)11-12/h6-11,18H,4-5H2,1-3H3/b16-9+. The van der Waals surface area contributed by atoms with Gasteiger partial charge in [-0.15, -0.1) is 0 Å². The number of nitrogens with zero attached hydrogens (tertiary/aromatic N) is 5. The first-order chi connectivity index (χ1) is 12.3. The van der Waals surface area contributed by atoms with E-state index in [0.29, 0.717) is 0 Å². The number of non-ortho nitro benzene ring substituents is 1. The van der Waals surface area contributed by atoms with Crippen LogP contribution in [0.25, 0.3) is 0 Å².